The van der Waals surface area contributed by atoms with E-state index in [-0.39, 0.29) is 0 Å². The summed E-state index contributed by atoms with van der Waals surface area (Å²) in [6.07, 6.45) is 5.68. The van der Waals surface area contributed by atoms with Gasteiger partial charge in [-0.25, -0.2) is 0 Å². The van der Waals surface area contributed by atoms with Gasteiger partial charge in [0.25, 0.3) is 0 Å². The predicted molar refractivity (Wildman–Crippen MR) is 60.5 cm³/mol. The molecular formula is C12H24N2. The third-order valence-electron chi connectivity index (χ3n) is 3.80. The molecule has 2 aliphatic heterocycles. The Morgan fingerprint density at radius 2 is 1.79 bits per heavy atom. The van der Waals surface area contributed by atoms with Crippen LogP contribution in [-0.4, -0.2) is 49.1 Å². The van der Waals surface area contributed by atoms with Gasteiger partial charge in [-0.3, -0.25) is 4.90 Å². The van der Waals surface area contributed by atoms with Crippen molar-refractivity contribution in [3.8, 4) is 0 Å². The highest BCUT2D eigenvalue weighted by Gasteiger charge is 2.26. The van der Waals surface area contributed by atoms with Gasteiger partial charge < -0.3 is 4.90 Å². The first-order valence-corrected chi connectivity index (χ1v) is 6.18. The van der Waals surface area contributed by atoms with Gasteiger partial charge in [0.05, 0.1) is 0 Å². The molecule has 0 N–H and O–H groups in total. The molecule has 0 spiro atoms. The van der Waals surface area contributed by atoms with Crippen LogP contribution in [0.2, 0.25) is 0 Å². The van der Waals surface area contributed by atoms with Crippen LogP contribution in [0.25, 0.3) is 0 Å². The van der Waals surface area contributed by atoms with E-state index in [0.717, 1.165) is 12.0 Å². The van der Waals surface area contributed by atoms with Crippen molar-refractivity contribution in [2.45, 2.75) is 38.6 Å². The summed E-state index contributed by atoms with van der Waals surface area (Å²) in [6.45, 7) is 7.70. The molecule has 82 valence electrons. The van der Waals surface area contributed by atoms with E-state index in [2.05, 4.69) is 23.8 Å². The van der Waals surface area contributed by atoms with Crippen LogP contribution in [0.4, 0.5) is 0 Å². The van der Waals surface area contributed by atoms with E-state index in [4.69, 9.17) is 0 Å². The highest BCUT2D eigenvalue weighted by atomic mass is 15.2. The summed E-state index contributed by atoms with van der Waals surface area (Å²) in [5.41, 5.74) is 0. The van der Waals surface area contributed by atoms with E-state index in [9.17, 15) is 0 Å². The Balaban J connectivity index is 1.86. The number of nitrogens with zero attached hydrogens (tertiary/aromatic N) is 2. The number of hydrogen-bond donors (Lipinski definition) is 0. The van der Waals surface area contributed by atoms with Crippen LogP contribution in [0.1, 0.15) is 32.6 Å². The van der Waals surface area contributed by atoms with Crippen molar-refractivity contribution < 1.29 is 0 Å². The molecule has 0 aliphatic carbocycles. The fourth-order valence-corrected chi connectivity index (χ4v) is 2.99. The minimum absolute atomic E-state index is 0.858. The molecule has 0 aromatic heterocycles. The van der Waals surface area contributed by atoms with E-state index in [1.807, 2.05) is 0 Å². The predicted octanol–water partition coefficient (Wildman–Crippen LogP) is 1.81. The first-order valence-electron chi connectivity index (χ1n) is 6.18. The molecule has 2 heterocycles. The molecule has 0 aromatic rings. The Kier molecular flexibility index (Phi) is 3.45. The molecule has 2 heteroatoms. The van der Waals surface area contributed by atoms with Gasteiger partial charge in [0.2, 0.25) is 0 Å². The van der Waals surface area contributed by atoms with E-state index in [1.165, 1.54) is 51.9 Å². The fraction of sp³-hybridized carbons (Fsp3) is 1.00. The van der Waals surface area contributed by atoms with Gasteiger partial charge in [0.15, 0.2) is 0 Å². The number of piperidine rings is 2. The van der Waals surface area contributed by atoms with Crippen molar-refractivity contribution in [3.63, 3.8) is 0 Å². The second kappa shape index (κ2) is 4.63. The molecule has 0 radical (unpaired) electrons. The van der Waals surface area contributed by atoms with Gasteiger partial charge in [-0.15, -0.1) is 0 Å². The van der Waals surface area contributed by atoms with Gasteiger partial charge in [-0.05, 0) is 51.7 Å². The van der Waals surface area contributed by atoms with Crippen LogP contribution in [0, 0.1) is 5.92 Å². The van der Waals surface area contributed by atoms with Crippen LogP contribution in [0.5, 0.6) is 0 Å². The van der Waals surface area contributed by atoms with E-state index in [1.54, 1.807) is 0 Å². The van der Waals surface area contributed by atoms with Gasteiger partial charge in [0.1, 0.15) is 0 Å². The quantitative estimate of drug-likeness (QED) is 0.631. The maximum atomic E-state index is 2.74. The molecule has 2 aliphatic rings. The molecular weight excluding hydrogens is 172 g/mol. The van der Waals surface area contributed by atoms with Crippen molar-refractivity contribution in [3.05, 3.63) is 0 Å². The average molecular weight is 196 g/mol. The SMILES string of the molecule is C[C@H]1CCCN(C2CCCN(C)C2)C1. The summed E-state index contributed by atoms with van der Waals surface area (Å²) in [5, 5.41) is 0. The molecule has 2 nitrogen and oxygen atoms in total. The maximum absolute atomic E-state index is 2.74. The minimum Gasteiger partial charge on any atom is -0.305 e. The average Bonchev–Trinajstić information content (AvgIpc) is 2.18. The molecule has 0 amide bonds. The highest BCUT2D eigenvalue weighted by Crippen LogP contribution is 2.22. The van der Waals surface area contributed by atoms with E-state index < -0.39 is 0 Å². The second-order valence-electron chi connectivity index (χ2n) is 5.30. The lowest BCUT2D eigenvalue weighted by molar-refractivity contribution is 0.0763. The van der Waals surface area contributed by atoms with Crippen LogP contribution in [0.3, 0.4) is 0 Å². The summed E-state index contributed by atoms with van der Waals surface area (Å²) >= 11 is 0. The molecule has 14 heavy (non-hydrogen) atoms. The summed E-state index contributed by atoms with van der Waals surface area (Å²) in [5.74, 6) is 0.927. The van der Waals surface area contributed by atoms with Gasteiger partial charge in [-0.2, -0.15) is 0 Å². The lowest BCUT2D eigenvalue weighted by atomic mass is 9.96. The van der Waals surface area contributed by atoms with Gasteiger partial charge in [-0.1, -0.05) is 6.92 Å². The standard InChI is InChI=1S/C12H24N2/c1-11-5-3-8-14(9-11)12-6-4-7-13(2)10-12/h11-12H,3-10H2,1-2H3/t11-,12?/m0/s1. The van der Waals surface area contributed by atoms with Crippen molar-refractivity contribution in [2.24, 2.45) is 5.92 Å². The number of likely N-dealkylation sites (tertiary alicyclic amines) is 2. The number of rotatable bonds is 1. The van der Waals surface area contributed by atoms with Crippen LogP contribution < -0.4 is 0 Å². The minimum atomic E-state index is 0.858. The monoisotopic (exact) mass is 196 g/mol. The highest BCUT2D eigenvalue weighted by molar-refractivity contribution is 4.82. The first-order chi connectivity index (χ1) is 6.75. The largest absolute Gasteiger partial charge is 0.305 e. The molecule has 2 atom stereocenters. The summed E-state index contributed by atoms with van der Waals surface area (Å²) in [7, 11) is 2.26. The van der Waals surface area contributed by atoms with Crippen LogP contribution in [-0.2, 0) is 0 Å². The van der Waals surface area contributed by atoms with E-state index in [0.29, 0.717) is 0 Å². The molecule has 0 bridgehead atoms. The van der Waals surface area contributed by atoms with Gasteiger partial charge in [0, 0.05) is 19.1 Å². The molecule has 2 saturated heterocycles. The summed E-state index contributed by atoms with van der Waals surface area (Å²) in [6, 6.07) is 0.858. The molecule has 0 aromatic carbocycles. The topological polar surface area (TPSA) is 6.48 Å². The van der Waals surface area contributed by atoms with Gasteiger partial charge >= 0.3 is 0 Å². The molecule has 1 unspecified atom stereocenters. The van der Waals surface area contributed by atoms with Crippen molar-refractivity contribution in [1.82, 2.24) is 9.80 Å². The first kappa shape index (κ1) is 10.4. The van der Waals surface area contributed by atoms with Crippen LogP contribution in [0.15, 0.2) is 0 Å². The zero-order valence-electron chi connectivity index (χ0n) is 9.71. The summed E-state index contributed by atoms with van der Waals surface area (Å²) < 4.78 is 0. The van der Waals surface area contributed by atoms with Crippen molar-refractivity contribution in [2.75, 3.05) is 33.2 Å². The Bertz CT molecular complexity index is 161. The maximum Gasteiger partial charge on any atom is 0.0223 e. The smallest absolute Gasteiger partial charge is 0.0223 e. The third-order valence-corrected chi connectivity index (χ3v) is 3.80. The van der Waals surface area contributed by atoms with Crippen molar-refractivity contribution >= 4 is 0 Å². The Labute approximate surface area is 88.3 Å². The second-order valence-corrected chi connectivity index (χ2v) is 5.30. The van der Waals surface area contributed by atoms with Crippen LogP contribution >= 0.6 is 0 Å². The molecule has 2 fully saturated rings. The normalized spacial score (nSPS) is 37.3. The van der Waals surface area contributed by atoms with E-state index >= 15 is 0 Å². The Morgan fingerprint density at radius 3 is 2.50 bits per heavy atom. The fourth-order valence-electron chi connectivity index (χ4n) is 2.99. The molecule has 0 saturated carbocycles. The molecule has 2 rings (SSSR count). The zero-order chi connectivity index (χ0) is 9.97. The number of likely N-dealkylation sites (N-methyl/N-ethyl adjacent to an activating group) is 1. The lowest BCUT2D eigenvalue weighted by Crippen LogP contribution is -2.49. The third kappa shape index (κ3) is 2.48. The Hall–Kier alpha value is -0.0800. The lowest BCUT2D eigenvalue weighted by Gasteiger charge is -2.41. The summed E-state index contributed by atoms with van der Waals surface area (Å²) in [4.78, 5) is 5.23. The Morgan fingerprint density at radius 1 is 1.00 bits per heavy atom. The zero-order valence-corrected chi connectivity index (χ0v) is 9.71. The number of hydrogen-bond acceptors (Lipinski definition) is 2. The van der Waals surface area contributed by atoms with Crippen molar-refractivity contribution in [1.29, 1.82) is 0 Å².